The Morgan fingerprint density at radius 2 is 1.13 bits per heavy atom. The van der Waals surface area contributed by atoms with Crippen LogP contribution < -0.4 is 0 Å². The molecule has 0 unspecified atom stereocenters. The highest BCUT2D eigenvalue weighted by Crippen LogP contribution is 2.46. The lowest BCUT2D eigenvalue weighted by Gasteiger charge is -2.46. The molecule has 1 aliphatic rings. The Kier molecular flexibility index (Phi) is 7.00. The van der Waals surface area contributed by atoms with Crippen molar-refractivity contribution in [2.75, 3.05) is 20.3 Å². The van der Waals surface area contributed by atoms with Gasteiger partial charge in [0.05, 0.1) is 25.3 Å². The van der Waals surface area contributed by atoms with Gasteiger partial charge in [0.1, 0.15) is 11.8 Å². The summed E-state index contributed by atoms with van der Waals surface area (Å²) in [5.41, 5.74) is 1.63. The first-order valence-corrected chi connectivity index (χ1v) is 10.2. The van der Waals surface area contributed by atoms with Gasteiger partial charge in [0, 0.05) is 0 Å². The maximum atomic E-state index is 13.6. The fraction of sp³-hybridized carbons (Fsp3) is 0.375. The standard InChI is InChI=1S/C24H27NO5/c1-4-29-23(27)18-20(16-12-8-6-9-13-16)25(3)21(17-14-10-7-11-15-17)19(22(18)26)24(28)30-5-2/h6-15,18-21H,4-5H2,1-3H3/t18-,19+,20-,21-/m0/s1. The summed E-state index contributed by atoms with van der Waals surface area (Å²) in [5.74, 6) is -3.95. The molecule has 0 N–H and O–H groups in total. The van der Waals surface area contributed by atoms with Crippen LogP contribution >= 0.6 is 0 Å². The molecule has 0 aromatic heterocycles. The third kappa shape index (κ3) is 4.14. The van der Waals surface area contributed by atoms with Gasteiger partial charge in [0.15, 0.2) is 5.78 Å². The predicted octanol–water partition coefficient (Wildman–Crippen LogP) is 3.34. The number of ketones is 1. The molecule has 0 bridgehead atoms. The molecule has 6 heteroatoms. The zero-order chi connectivity index (χ0) is 21.7. The van der Waals surface area contributed by atoms with Gasteiger partial charge in [0.2, 0.25) is 0 Å². The largest absolute Gasteiger partial charge is 0.465 e. The number of benzene rings is 2. The molecule has 3 rings (SSSR count). The highest BCUT2D eigenvalue weighted by atomic mass is 16.5. The fourth-order valence-corrected chi connectivity index (χ4v) is 4.26. The van der Waals surface area contributed by atoms with Crippen molar-refractivity contribution in [2.45, 2.75) is 25.9 Å². The molecule has 0 saturated carbocycles. The third-order valence-electron chi connectivity index (χ3n) is 5.49. The number of carbonyl (C=O) groups excluding carboxylic acids is 3. The predicted molar refractivity (Wildman–Crippen MR) is 111 cm³/mol. The van der Waals surface area contributed by atoms with Crippen LogP contribution in [0.5, 0.6) is 0 Å². The smallest absolute Gasteiger partial charge is 0.318 e. The molecule has 30 heavy (non-hydrogen) atoms. The number of likely N-dealkylation sites (tertiary alicyclic amines) is 1. The van der Waals surface area contributed by atoms with E-state index in [-0.39, 0.29) is 13.2 Å². The summed E-state index contributed by atoms with van der Waals surface area (Å²) in [7, 11) is 1.83. The van der Waals surface area contributed by atoms with Crippen molar-refractivity contribution in [1.82, 2.24) is 4.90 Å². The molecule has 158 valence electrons. The molecule has 1 fully saturated rings. The van der Waals surface area contributed by atoms with Crippen molar-refractivity contribution in [3.05, 3.63) is 71.8 Å². The van der Waals surface area contributed by atoms with Crippen molar-refractivity contribution in [1.29, 1.82) is 0 Å². The van der Waals surface area contributed by atoms with E-state index in [2.05, 4.69) is 0 Å². The van der Waals surface area contributed by atoms with Crippen molar-refractivity contribution < 1.29 is 23.9 Å². The third-order valence-corrected chi connectivity index (χ3v) is 5.49. The van der Waals surface area contributed by atoms with Crippen LogP contribution in [0.2, 0.25) is 0 Å². The zero-order valence-corrected chi connectivity index (χ0v) is 17.5. The van der Waals surface area contributed by atoms with Gasteiger partial charge in [-0.05, 0) is 32.0 Å². The molecule has 1 saturated heterocycles. The van der Waals surface area contributed by atoms with E-state index in [1.807, 2.05) is 72.6 Å². The maximum Gasteiger partial charge on any atom is 0.318 e. The Bertz CT molecular complexity index is 811. The van der Waals surface area contributed by atoms with Crippen LogP contribution in [0.4, 0.5) is 0 Å². The first kappa shape index (κ1) is 21.7. The van der Waals surface area contributed by atoms with Crippen molar-refractivity contribution in [3.63, 3.8) is 0 Å². The van der Waals surface area contributed by atoms with E-state index in [9.17, 15) is 14.4 Å². The molecule has 6 nitrogen and oxygen atoms in total. The van der Waals surface area contributed by atoms with Gasteiger partial charge in [-0.2, -0.15) is 0 Å². The Morgan fingerprint density at radius 3 is 1.47 bits per heavy atom. The average molecular weight is 409 g/mol. The van der Waals surface area contributed by atoms with Crippen LogP contribution in [-0.4, -0.2) is 42.9 Å². The molecular formula is C24H27NO5. The van der Waals surface area contributed by atoms with Gasteiger partial charge in [-0.25, -0.2) is 0 Å². The second-order valence-corrected chi connectivity index (χ2v) is 7.24. The van der Waals surface area contributed by atoms with E-state index < -0.39 is 41.6 Å². The molecule has 0 amide bonds. The summed E-state index contributed by atoms with van der Waals surface area (Å²) in [6, 6.07) is 17.6. The van der Waals surface area contributed by atoms with Crippen LogP contribution in [0.1, 0.15) is 37.1 Å². The number of nitrogens with zero attached hydrogens (tertiary/aromatic N) is 1. The van der Waals surface area contributed by atoms with Gasteiger partial charge in [-0.15, -0.1) is 0 Å². The minimum Gasteiger partial charge on any atom is -0.465 e. The monoisotopic (exact) mass is 409 g/mol. The number of esters is 2. The number of hydrogen-bond acceptors (Lipinski definition) is 6. The van der Waals surface area contributed by atoms with Gasteiger partial charge in [0.25, 0.3) is 0 Å². The maximum absolute atomic E-state index is 13.6. The van der Waals surface area contributed by atoms with Gasteiger partial charge >= 0.3 is 11.9 Å². The zero-order valence-electron chi connectivity index (χ0n) is 17.5. The highest BCUT2D eigenvalue weighted by molar-refractivity contribution is 6.10. The number of Topliss-reactive ketones (excluding diaryl/α,β-unsaturated/α-hetero) is 1. The summed E-state index contributed by atoms with van der Waals surface area (Å²) >= 11 is 0. The lowest BCUT2D eigenvalue weighted by Crippen LogP contribution is -2.54. The lowest BCUT2D eigenvalue weighted by molar-refractivity contribution is -0.169. The van der Waals surface area contributed by atoms with Crippen LogP contribution in [0.15, 0.2) is 60.7 Å². The Balaban J connectivity index is 2.16. The molecular weight excluding hydrogens is 382 g/mol. The summed E-state index contributed by atoms with van der Waals surface area (Å²) in [6.45, 7) is 3.70. The highest BCUT2D eigenvalue weighted by Gasteiger charge is 2.54. The van der Waals surface area contributed by atoms with Crippen LogP contribution in [0.3, 0.4) is 0 Å². The summed E-state index contributed by atoms with van der Waals surface area (Å²) in [4.78, 5) is 41.3. The fourth-order valence-electron chi connectivity index (χ4n) is 4.26. The van der Waals surface area contributed by atoms with E-state index in [1.54, 1.807) is 13.8 Å². The molecule has 1 heterocycles. The van der Waals surface area contributed by atoms with E-state index in [0.29, 0.717) is 0 Å². The van der Waals surface area contributed by atoms with Crippen molar-refractivity contribution in [3.8, 4) is 0 Å². The van der Waals surface area contributed by atoms with E-state index >= 15 is 0 Å². The summed E-state index contributed by atoms with van der Waals surface area (Å²) < 4.78 is 10.5. The quantitative estimate of drug-likeness (QED) is 0.538. The molecule has 0 radical (unpaired) electrons. The number of ether oxygens (including phenoxy) is 2. The first-order valence-electron chi connectivity index (χ1n) is 10.2. The van der Waals surface area contributed by atoms with E-state index in [4.69, 9.17) is 9.47 Å². The average Bonchev–Trinajstić information content (AvgIpc) is 2.76. The van der Waals surface area contributed by atoms with Crippen LogP contribution in [0.25, 0.3) is 0 Å². The lowest BCUT2D eigenvalue weighted by atomic mass is 9.73. The molecule has 0 aliphatic carbocycles. The SMILES string of the molecule is CCOC(=O)[C@@H]1C(=O)[C@H](C(=O)OCC)[C@H](c2ccccc2)N(C)[C@H]1c1ccccc1. The van der Waals surface area contributed by atoms with Gasteiger partial charge < -0.3 is 9.47 Å². The van der Waals surface area contributed by atoms with Gasteiger partial charge in [-0.3, -0.25) is 19.3 Å². The summed E-state index contributed by atoms with van der Waals surface area (Å²) in [6.07, 6.45) is 0. The van der Waals surface area contributed by atoms with Gasteiger partial charge in [-0.1, -0.05) is 60.7 Å². The molecule has 2 aromatic carbocycles. The second-order valence-electron chi connectivity index (χ2n) is 7.24. The molecule has 2 aromatic rings. The number of carbonyl (C=O) groups is 3. The number of rotatable bonds is 6. The Morgan fingerprint density at radius 1 is 0.767 bits per heavy atom. The van der Waals surface area contributed by atoms with E-state index in [0.717, 1.165) is 11.1 Å². The topological polar surface area (TPSA) is 72.9 Å². The molecule has 1 aliphatic heterocycles. The normalized spacial score (nSPS) is 24.3. The second kappa shape index (κ2) is 9.67. The van der Waals surface area contributed by atoms with E-state index in [1.165, 1.54) is 0 Å². The van der Waals surface area contributed by atoms with Crippen molar-refractivity contribution in [2.24, 2.45) is 11.8 Å². The Hall–Kier alpha value is -2.99. The number of piperidine rings is 1. The summed E-state index contributed by atoms with van der Waals surface area (Å²) in [5, 5.41) is 0. The Labute approximate surface area is 176 Å². The van der Waals surface area contributed by atoms with Crippen LogP contribution in [0, 0.1) is 11.8 Å². The van der Waals surface area contributed by atoms with Crippen molar-refractivity contribution >= 4 is 17.7 Å². The first-order chi connectivity index (χ1) is 14.5. The number of hydrogen-bond donors (Lipinski definition) is 0. The molecule has 0 spiro atoms. The minimum absolute atomic E-state index is 0.153. The minimum atomic E-state index is -1.12. The molecule has 4 atom stereocenters. The van der Waals surface area contributed by atoms with Crippen LogP contribution in [-0.2, 0) is 23.9 Å².